The molecule has 0 fully saturated rings. The molecule has 0 aliphatic heterocycles. The summed E-state index contributed by atoms with van der Waals surface area (Å²) in [7, 11) is 0. The summed E-state index contributed by atoms with van der Waals surface area (Å²) >= 11 is 0. The van der Waals surface area contributed by atoms with Gasteiger partial charge < -0.3 is 5.11 Å². The van der Waals surface area contributed by atoms with Gasteiger partial charge in [-0.2, -0.15) is 22.0 Å². The minimum Gasteiger partial charge on any atom is -0.379 e. The smallest absolute Gasteiger partial charge is 0.379 e. The molecule has 16 heavy (non-hydrogen) atoms. The van der Waals surface area contributed by atoms with Crippen LogP contribution in [0.2, 0.25) is 0 Å². The second-order valence-corrected chi connectivity index (χ2v) is 3.39. The summed E-state index contributed by atoms with van der Waals surface area (Å²) in [5.74, 6) is -5.25. The van der Waals surface area contributed by atoms with Gasteiger partial charge in [0.25, 0.3) is 0 Å². The lowest BCUT2D eigenvalue weighted by atomic mass is 9.90. The summed E-state index contributed by atoms with van der Waals surface area (Å²) in [6.07, 6.45) is -3.86. The van der Waals surface area contributed by atoms with Gasteiger partial charge in [-0.05, 0) is 13.0 Å². The van der Waals surface area contributed by atoms with Gasteiger partial charge in [-0.3, -0.25) is 4.98 Å². The molecule has 1 aromatic heterocycles. The Bertz CT molecular complexity index is 360. The molecule has 1 aromatic rings. The number of halogens is 5. The molecule has 1 heterocycles. The van der Waals surface area contributed by atoms with Crippen molar-refractivity contribution in [2.24, 2.45) is 0 Å². The second-order valence-electron chi connectivity index (χ2n) is 3.39. The first-order valence-corrected chi connectivity index (χ1v) is 4.18. The van der Waals surface area contributed by atoms with Crippen LogP contribution in [0.1, 0.15) is 12.5 Å². The predicted octanol–water partition coefficient (Wildman–Crippen LogP) is 2.49. The minimum absolute atomic E-state index is 0.400. The van der Waals surface area contributed by atoms with Gasteiger partial charge in [0.15, 0.2) is 5.60 Å². The van der Waals surface area contributed by atoms with Crippen LogP contribution >= 0.6 is 0 Å². The number of hydrogen-bond donors (Lipinski definition) is 1. The quantitative estimate of drug-likeness (QED) is 0.807. The van der Waals surface area contributed by atoms with Crippen molar-refractivity contribution in [1.29, 1.82) is 0 Å². The monoisotopic (exact) mass is 241 g/mol. The molecular weight excluding hydrogens is 233 g/mol. The molecule has 1 N–H and O–H groups in total. The molecule has 0 saturated heterocycles. The van der Waals surface area contributed by atoms with Crippen LogP contribution in [0.5, 0.6) is 0 Å². The third kappa shape index (κ3) is 1.87. The van der Waals surface area contributed by atoms with Gasteiger partial charge in [-0.15, -0.1) is 0 Å². The van der Waals surface area contributed by atoms with Crippen molar-refractivity contribution in [2.75, 3.05) is 0 Å². The Morgan fingerprint density at radius 2 is 1.75 bits per heavy atom. The SMILES string of the molecule is CC(O)(c1cccnc1)C(F)(F)C(F)(F)F. The van der Waals surface area contributed by atoms with Crippen molar-refractivity contribution in [3.05, 3.63) is 30.1 Å². The molecule has 1 unspecified atom stereocenters. The molecule has 0 saturated carbocycles. The standard InChI is InChI=1S/C9H8F5NO/c1-7(16,6-3-2-4-15-5-6)8(10,11)9(12,13)14/h2-5,16H,1H3. The highest BCUT2D eigenvalue weighted by atomic mass is 19.4. The van der Waals surface area contributed by atoms with E-state index in [0.29, 0.717) is 6.92 Å². The van der Waals surface area contributed by atoms with Crippen LogP contribution in [0.25, 0.3) is 0 Å². The van der Waals surface area contributed by atoms with Crippen LogP contribution < -0.4 is 0 Å². The maximum atomic E-state index is 13.0. The Balaban J connectivity index is 3.22. The van der Waals surface area contributed by atoms with Crippen LogP contribution in [-0.2, 0) is 5.60 Å². The Hall–Kier alpha value is -1.24. The van der Waals surface area contributed by atoms with Crippen molar-refractivity contribution in [3.63, 3.8) is 0 Å². The number of hydrogen-bond acceptors (Lipinski definition) is 2. The fourth-order valence-electron chi connectivity index (χ4n) is 1.11. The Morgan fingerprint density at radius 3 is 2.12 bits per heavy atom. The maximum Gasteiger partial charge on any atom is 0.456 e. The number of aromatic nitrogens is 1. The highest BCUT2D eigenvalue weighted by molar-refractivity contribution is 5.21. The summed E-state index contributed by atoms with van der Waals surface area (Å²) in [6, 6.07) is 2.11. The molecule has 2 nitrogen and oxygen atoms in total. The van der Waals surface area contributed by atoms with E-state index in [1.807, 2.05) is 0 Å². The van der Waals surface area contributed by atoms with Crippen molar-refractivity contribution in [1.82, 2.24) is 4.98 Å². The third-order valence-electron chi connectivity index (χ3n) is 2.19. The van der Waals surface area contributed by atoms with Crippen molar-refractivity contribution in [2.45, 2.75) is 24.6 Å². The van der Waals surface area contributed by atoms with Crippen LogP contribution in [0, 0.1) is 0 Å². The van der Waals surface area contributed by atoms with E-state index in [1.165, 1.54) is 6.20 Å². The molecule has 1 rings (SSSR count). The largest absolute Gasteiger partial charge is 0.456 e. The minimum atomic E-state index is -5.83. The molecule has 7 heteroatoms. The number of nitrogens with zero attached hydrogens (tertiary/aromatic N) is 1. The normalized spacial score (nSPS) is 16.9. The Morgan fingerprint density at radius 1 is 1.19 bits per heavy atom. The van der Waals surface area contributed by atoms with Crippen LogP contribution in [0.4, 0.5) is 22.0 Å². The van der Waals surface area contributed by atoms with Crippen LogP contribution in [0.3, 0.4) is 0 Å². The summed E-state index contributed by atoms with van der Waals surface area (Å²) < 4.78 is 62.2. The first-order valence-electron chi connectivity index (χ1n) is 4.18. The van der Waals surface area contributed by atoms with Gasteiger partial charge in [0.1, 0.15) is 0 Å². The number of aliphatic hydroxyl groups is 1. The summed E-state index contributed by atoms with van der Waals surface area (Å²) in [6.45, 7) is 0.400. The average Bonchev–Trinajstić information content (AvgIpc) is 2.17. The van der Waals surface area contributed by atoms with E-state index in [0.717, 1.165) is 18.3 Å². The highest BCUT2D eigenvalue weighted by Crippen LogP contribution is 2.47. The van der Waals surface area contributed by atoms with Gasteiger partial charge in [0.05, 0.1) is 0 Å². The number of rotatable bonds is 2. The van der Waals surface area contributed by atoms with Gasteiger partial charge in [-0.1, -0.05) is 6.07 Å². The van der Waals surface area contributed by atoms with Gasteiger partial charge in [-0.25, -0.2) is 0 Å². The molecule has 0 aliphatic carbocycles. The van der Waals surface area contributed by atoms with E-state index in [1.54, 1.807) is 0 Å². The molecule has 1 atom stereocenters. The lowest BCUT2D eigenvalue weighted by molar-refractivity contribution is -0.342. The fourth-order valence-corrected chi connectivity index (χ4v) is 1.11. The maximum absolute atomic E-state index is 13.0. The van der Waals surface area contributed by atoms with Crippen molar-refractivity contribution < 1.29 is 27.1 Å². The average molecular weight is 241 g/mol. The molecule has 0 amide bonds. The van der Waals surface area contributed by atoms with Gasteiger partial charge >= 0.3 is 12.1 Å². The van der Waals surface area contributed by atoms with Crippen molar-refractivity contribution in [3.8, 4) is 0 Å². The fraction of sp³-hybridized carbons (Fsp3) is 0.444. The van der Waals surface area contributed by atoms with E-state index in [2.05, 4.69) is 4.98 Å². The highest BCUT2D eigenvalue weighted by Gasteiger charge is 2.68. The van der Waals surface area contributed by atoms with Crippen LogP contribution in [-0.4, -0.2) is 22.2 Å². The zero-order chi connectivity index (χ0) is 12.6. The lowest BCUT2D eigenvalue weighted by Crippen LogP contribution is -2.53. The van der Waals surface area contributed by atoms with E-state index >= 15 is 0 Å². The number of pyridine rings is 1. The van der Waals surface area contributed by atoms with E-state index in [4.69, 9.17) is 0 Å². The first-order chi connectivity index (χ1) is 7.11. The molecule has 0 aromatic carbocycles. The summed E-state index contributed by atoms with van der Waals surface area (Å²) in [5, 5.41) is 9.34. The molecule has 0 bridgehead atoms. The summed E-state index contributed by atoms with van der Waals surface area (Å²) in [5.41, 5.74) is -3.95. The van der Waals surface area contributed by atoms with Gasteiger partial charge in [0, 0.05) is 18.0 Å². The van der Waals surface area contributed by atoms with Gasteiger partial charge in [0.2, 0.25) is 0 Å². The van der Waals surface area contributed by atoms with Crippen LogP contribution in [0.15, 0.2) is 24.5 Å². The van der Waals surface area contributed by atoms with E-state index < -0.39 is 23.3 Å². The Labute approximate surface area is 87.7 Å². The van der Waals surface area contributed by atoms with E-state index in [-0.39, 0.29) is 0 Å². The lowest BCUT2D eigenvalue weighted by Gasteiger charge is -2.33. The molecular formula is C9H8F5NO. The molecule has 0 radical (unpaired) electrons. The predicted molar refractivity (Wildman–Crippen MR) is 44.8 cm³/mol. The topological polar surface area (TPSA) is 33.1 Å². The zero-order valence-corrected chi connectivity index (χ0v) is 8.09. The molecule has 0 aliphatic rings. The third-order valence-corrected chi connectivity index (χ3v) is 2.19. The molecule has 90 valence electrons. The number of alkyl halides is 5. The first kappa shape index (κ1) is 12.8. The van der Waals surface area contributed by atoms with Crippen molar-refractivity contribution >= 4 is 0 Å². The Kier molecular flexibility index (Phi) is 2.93. The summed E-state index contributed by atoms with van der Waals surface area (Å²) in [4.78, 5) is 3.39. The molecule has 0 spiro atoms. The van der Waals surface area contributed by atoms with E-state index in [9.17, 15) is 27.1 Å². The second kappa shape index (κ2) is 3.65. The zero-order valence-electron chi connectivity index (χ0n) is 8.09.